The van der Waals surface area contributed by atoms with Gasteiger partial charge in [0.15, 0.2) is 0 Å². The van der Waals surface area contributed by atoms with Gasteiger partial charge in [-0.1, -0.05) is 6.07 Å². The Bertz CT molecular complexity index is 367. The molecule has 2 fully saturated rings. The molecule has 0 atom stereocenters. The summed E-state index contributed by atoms with van der Waals surface area (Å²) in [4.78, 5) is 11.8. The molecular weight excluding hydrogens is 224 g/mol. The van der Waals surface area contributed by atoms with Crippen molar-refractivity contribution >= 4 is 5.82 Å². The van der Waals surface area contributed by atoms with Crippen molar-refractivity contribution in [1.29, 1.82) is 0 Å². The lowest BCUT2D eigenvalue weighted by atomic mass is 10.0. The van der Waals surface area contributed by atoms with Gasteiger partial charge >= 0.3 is 0 Å². The van der Waals surface area contributed by atoms with Gasteiger partial charge < -0.3 is 9.80 Å². The monoisotopic (exact) mass is 246 g/mol. The highest BCUT2D eigenvalue weighted by molar-refractivity contribution is 5.38. The molecule has 18 heavy (non-hydrogen) atoms. The molecule has 0 radical (unpaired) electrons. The molecule has 0 amide bonds. The van der Waals surface area contributed by atoms with Crippen molar-refractivity contribution in [2.24, 2.45) is 5.92 Å². The molecule has 1 aromatic rings. The maximum atomic E-state index is 4.43. The lowest BCUT2D eigenvalue weighted by molar-refractivity contribution is 0.0882. The summed E-state index contributed by atoms with van der Waals surface area (Å²) in [7, 11) is 2.20. The van der Waals surface area contributed by atoms with Crippen LogP contribution in [0.4, 0.5) is 5.82 Å². The quantitative estimate of drug-likeness (QED) is 0.785. The highest BCUT2D eigenvalue weighted by Gasteiger charge is 2.27. The fourth-order valence-corrected chi connectivity index (χ4v) is 3.01. The molecule has 0 unspecified atom stereocenters. The first-order valence-electron chi connectivity index (χ1n) is 6.88. The Labute approximate surface area is 109 Å². The number of pyridine rings is 1. The minimum atomic E-state index is 0.899. The van der Waals surface area contributed by atoms with Crippen molar-refractivity contribution in [2.75, 3.05) is 57.8 Å². The molecule has 0 spiro atoms. The Kier molecular flexibility index (Phi) is 3.48. The number of rotatable bonds is 3. The first-order valence-corrected chi connectivity index (χ1v) is 6.88. The zero-order valence-corrected chi connectivity index (χ0v) is 11.1. The molecule has 0 N–H and O–H groups in total. The second-order valence-corrected chi connectivity index (χ2v) is 5.56. The van der Waals surface area contributed by atoms with Crippen molar-refractivity contribution in [3.8, 4) is 0 Å². The summed E-state index contributed by atoms with van der Waals surface area (Å²) < 4.78 is 0. The second kappa shape index (κ2) is 5.24. The Morgan fingerprint density at radius 2 is 1.94 bits per heavy atom. The van der Waals surface area contributed by atoms with Crippen molar-refractivity contribution < 1.29 is 0 Å². The number of aromatic nitrogens is 1. The van der Waals surface area contributed by atoms with Crippen LogP contribution in [0.5, 0.6) is 0 Å². The van der Waals surface area contributed by atoms with Gasteiger partial charge in [0.25, 0.3) is 0 Å². The topological polar surface area (TPSA) is 22.6 Å². The van der Waals surface area contributed by atoms with Crippen molar-refractivity contribution in [3.05, 3.63) is 24.4 Å². The van der Waals surface area contributed by atoms with Crippen LogP contribution in [-0.2, 0) is 0 Å². The van der Waals surface area contributed by atoms with Crippen LogP contribution in [0.25, 0.3) is 0 Å². The molecule has 0 saturated carbocycles. The summed E-state index contributed by atoms with van der Waals surface area (Å²) in [6, 6.07) is 6.16. The van der Waals surface area contributed by atoms with Gasteiger partial charge in [0.2, 0.25) is 0 Å². The zero-order valence-electron chi connectivity index (χ0n) is 11.1. The molecule has 1 aromatic heterocycles. The smallest absolute Gasteiger partial charge is 0.128 e. The van der Waals surface area contributed by atoms with E-state index in [0.717, 1.165) is 24.8 Å². The average molecular weight is 246 g/mol. The summed E-state index contributed by atoms with van der Waals surface area (Å²) in [5, 5.41) is 0. The van der Waals surface area contributed by atoms with E-state index in [-0.39, 0.29) is 0 Å². The minimum absolute atomic E-state index is 0.899. The fraction of sp³-hybridized carbons (Fsp3) is 0.643. The third-order valence-electron chi connectivity index (χ3n) is 4.00. The van der Waals surface area contributed by atoms with Crippen LogP contribution in [0.15, 0.2) is 24.4 Å². The van der Waals surface area contributed by atoms with Crippen molar-refractivity contribution in [2.45, 2.75) is 0 Å². The summed E-state index contributed by atoms with van der Waals surface area (Å²) in [5.41, 5.74) is 0. The predicted molar refractivity (Wildman–Crippen MR) is 73.9 cm³/mol. The molecule has 2 saturated heterocycles. The molecule has 4 nitrogen and oxygen atoms in total. The Balaban J connectivity index is 1.46. The molecule has 0 bridgehead atoms. The SMILES string of the molecule is CN1CC(CN2CCN(c3ccccn3)CC2)C1. The number of nitrogens with zero attached hydrogens (tertiary/aromatic N) is 4. The lowest BCUT2D eigenvalue weighted by Crippen LogP contribution is -2.53. The van der Waals surface area contributed by atoms with E-state index in [0.29, 0.717) is 0 Å². The first-order chi connectivity index (χ1) is 8.81. The van der Waals surface area contributed by atoms with E-state index < -0.39 is 0 Å². The highest BCUT2D eigenvalue weighted by atomic mass is 15.3. The van der Waals surface area contributed by atoms with E-state index >= 15 is 0 Å². The van der Waals surface area contributed by atoms with E-state index in [9.17, 15) is 0 Å². The molecule has 3 heterocycles. The van der Waals surface area contributed by atoms with Crippen LogP contribution in [0.2, 0.25) is 0 Å². The van der Waals surface area contributed by atoms with Gasteiger partial charge in [-0.15, -0.1) is 0 Å². The van der Waals surface area contributed by atoms with Gasteiger partial charge in [0, 0.05) is 52.0 Å². The van der Waals surface area contributed by atoms with Crippen LogP contribution < -0.4 is 4.90 Å². The molecule has 0 aromatic carbocycles. The minimum Gasteiger partial charge on any atom is -0.354 e. The number of hydrogen-bond acceptors (Lipinski definition) is 4. The third-order valence-corrected chi connectivity index (χ3v) is 4.00. The summed E-state index contributed by atoms with van der Waals surface area (Å²) in [5.74, 6) is 2.02. The molecular formula is C14H22N4. The standard InChI is InChI=1S/C14H22N4/c1-16-10-13(11-16)12-17-6-8-18(9-7-17)14-4-2-3-5-15-14/h2-5,13H,6-12H2,1H3. The Hall–Kier alpha value is -1.13. The van der Waals surface area contributed by atoms with E-state index in [4.69, 9.17) is 0 Å². The Morgan fingerprint density at radius 1 is 1.17 bits per heavy atom. The van der Waals surface area contributed by atoms with Crippen LogP contribution in [0, 0.1) is 5.92 Å². The van der Waals surface area contributed by atoms with Crippen molar-refractivity contribution in [3.63, 3.8) is 0 Å². The molecule has 0 aliphatic carbocycles. The molecule has 3 rings (SSSR count). The average Bonchev–Trinajstić information content (AvgIpc) is 2.39. The summed E-state index contributed by atoms with van der Waals surface area (Å²) in [6.45, 7) is 8.41. The fourth-order valence-electron chi connectivity index (χ4n) is 3.01. The largest absolute Gasteiger partial charge is 0.354 e. The molecule has 98 valence electrons. The summed E-state index contributed by atoms with van der Waals surface area (Å²) in [6.07, 6.45) is 1.88. The number of anilines is 1. The van der Waals surface area contributed by atoms with Gasteiger partial charge in [0.05, 0.1) is 0 Å². The van der Waals surface area contributed by atoms with Crippen LogP contribution in [0.1, 0.15) is 0 Å². The molecule has 2 aliphatic heterocycles. The predicted octanol–water partition coefficient (Wildman–Crippen LogP) is 0.765. The van der Waals surface area contributed by atoms with Gasteiger partial charge in [-0.05, 0) is 25.1 Å². The second-order valence-electron chi connectivity index (χ2n) is 5.56. The number of hydrogen-bond donors (Lipinski definition) is 0. The van der Waals surface area contributed by atoms with Crippen molar-refractivity contribution in [1.82, 2.24) is 14.8 Å². The van der Waals surface area contributed by atoms with E-state index in [1.165, 1.54) is 32.7 Å². The summed E-state index contributed by atoms with van der Waals surface area (Å²) >= 11 is 0. The first kappa shape index (κ1) is 11.9. The third kappa shape index (κ3) is 2.65. The normalized spacial score (nSPS) is 23.1. The van der Waals surface area contributed by atoms with Gasteiger partial charge in [-0.2, -0.15) is 0 Å². The van der Waals surface area contributed by atoms with Crippen LogP contribution >= 0.6 is 0 Å². The van der Waals surface area contributed by atoms with Crippen LogP contribution in [0.3, 0.4) is 0 Å². The number of piperazine rings is 1. The Morgan fingerprint density at radius 3 is 2.56 bits per heavy atom. The maximum Gasteiger partial charge on any atom is 0.128 e. The number of likely N-dealkylation sites (tertiary alicyclic amines) is 1. The van der Waals surface area contributed by atoms with Crippen LogP contribution in [-0.4, -0.2) is 67.6 Å². The van der Waals surface area contributed by atoms with E-state index in [2.05, 4.69) is 38.9 Å². The van der Waals surface area contributed by atoms with E-state index in [1.807, 2.05) is 12.3 Å². The van der Waals surface area contributed by atoms with Gasteiger partial charge in [-0.25, -0.2) is 4.98 Å². The van der Waals surface area contributed by atoms with Gasteiger partial charge in [0.1, 0.15) is 5.82 Å². The van der Waals surface area contributed by atoms with Gasteiger partial charge in [-0.3, -0.25) is 4.90 Å². The maximum absolute atomic E-state index is 4.43. The highest BCUT2D eigenvalue weighted by Crippen LogP contribution is 2.17. The van der Waals surface area contributed by atoms with E-state index in [1.54, 1.807) is 0 Å². The lowest BCUT2D eigenvalue weighted by Gasteiger charge is -2.42. The molecule has 4 heteroatoms. The zero-order chi connectivity index (χ0) is 12.4. The molecule has 2 aliphatic rings.